The highest BCUT2D eigenvalue weighted by Crippen LogP contribution is 2.39. The van der Waals surface area contributed by atoms with Gasteiger partial charge in [0.05, 0.1) is 6.54 Å². The van der Waals surface area contributed by atoms with Crippen molar-refractivity contribution in [2.45, 2.75) is 6.92 Å². The molecule has 1 aromatic heterocycles. The Bertz CT molecular complexity index is 1400. The number of aromatic nitrogens is 1. The van der Waals surface area contributed by atoms with E-state index < -0.39 is 0 Å². The Labute approximate surface area is 205 Å². The fraction of sp³-hybridized carbons (Fsp3) is 0.0968. The van der Waals surface area contributed by atoms with Gasteiger partial charge in [0, 0.05) is 29.4 Å². The summed E-state index contributed by atoms with van der Waals surface area (Å²) in [6, 6.07) is 36.5. The smallest absolute Gasteiger partial charge is 0.227 e. The fourth-order valence-corrected chi connectivity index (χ4v) is 4.27. The van der Waals surface area contributed by atoms with Gasteiger partial charge in [-0.2, -0.15) is 0 Å². The van der Waals surface area contributed by atoms with Crippen LogP contribution in [0.25, 0.3) is 45.2 Å². The van der Waals surface area contributed by atoms with Crippen molar-refractivity contribution in [3.63, 3.8) is 0 Å². The molecule has 0 bridgehead atoms. The minimum absolute atomic E-state index is 0.125. The molecule has 0 radical (unpaired) electrons. The summed E-state index contributed by atoms with van der Waals surface area (Å²) in [5, 5.41) is 0. The number of hydrogen-bond donors (Lipinski definition) is 0. The zero-order valence-corrected chi connectivity index (χ0v) is 19.8. The van der Waals surface area contributed by atoms with Crippen LogP contribution in [0.1, 0.15) is 6.92 Å². The molecule has 0 fully saturated rings. The number of carbonyl (C=O) groups excluding carboxylic acids is 1. The normalized spacial score (nSPS) is 10.8. The Morgan fingerprint density at radius 1 is 0.743 bits per heavy atom. The zero-order chi connectivity index (χ0) is 24.2. The number of rotatable bonds is 7. The van der Waals surface area contributed by atoms with Gasteiger partial charge in [0.1, 0.15) is 11.5 Å². The largest absolute Gasteiger partial charge is 0.435 e. The summed E-state index contributed by atoms with van der Waals surface area (Å²) in [7, 11) is 1.93. The first kappa shape index (κ1) is 22.4. The predicted molar refractivity (Wildman–Crippen MR) is 142 cm³/mol. The highest BCUT2D eigenvalue weighted by molar-refractivity contribution is 5.86. The average molecular weight is 459 g/mol. The van der Waals surface area contributed by atoms with Crippen LogP contribution in [0.2, 0.25) is 0 Å². The summed E-state index contributed by atoms with van der Waals surface area (Å²) in [4.78, 5) is 18.6. The summed E-state index contributed by atoms with van der Waals surface area (Å²) < 4.78 is 6.47. The van der Waals surface area contributed by atoms with E-state index in [2.05, 4.69) is 18.2 Å². The highest BCUT2D eigenvalue weighted by atomic mass is 16.4. The minimum Gasteiger partial charge on any atom is -0.435 e. The summed E-state index contributed by atoms with van der Waals surface area (Å²) in [5.41, 5.74) is 6.76. The molecule has 0 saturated carbocycles. The number of anilines is 1. The second kappa shape index (κ2) is 9.82. The Kier molecular flexibility index (Phi) is 6.27. The third-order valence-corrected chi connectivity index (χ3v) is 5.93. The molecule has 0 atom stereocenters. The van der Waals surface area contributed by atoms with E-state index in [4.69, 9.17) is 9.40 Å². The van der Waals surface area contributed by atoms with Crippen LogP contribution in [0.15, 0.2) is 114 Å². The minimum atomic E-state index is 0.125. The lowest BCUT2D eigenvalue weighted by Crippen LogP contribution is -2.23. The van der Waals surface area contributed by atoms with E-state index in [1.165, 1.54) is 0 Å². The van der Waals surface area contributed by atoms with Gasteiger partial charge in [-0.15, -0.1) is 0 Å². The third-order valence-electron chi connectivity index (χ3n) is 5.93. The Hall–Kier alpha value is -4.44. The molecular formula is C31H26N2O2. The van der Waals surface area contributed by atoms with Gasteiger partial charge in [0.15, 0.2) is 5.76 Å². The second-order valence-electron chi connectivity index (χ2n) is 8.58. The number of nitrogens with zero attached hydrogens (tertiary/aromatic N) is 2. The summed E-state index contributed by atoms with van der Waals surface area (Å²) in [6.45, 7) is 1.97. The van der Waals surface area contributed by atoms with Crippen LogP contribution >= 0.6 is 0 Å². The van der Waals surface area contributed by atoms with E-state index in [1.807, 2.05) is 103 Å². The maximum absolute atomic E-state index is 11.6. The number of carbonyl (C=O) groups is 1. The van der Waals surface area contributed by atoms with Crippen LogP contribution < -0.4 is 4.90 Å². The molecule has 35 heavy (non-hydrogen) atoms. The van der Waals surface area contributed by atoms with Crippen LogP contribution in [-0.2, 0) is 4.79 Å². The van der Waals surface area contributed by atoms with Gasteiger partial charge in [-0.3, -0.25) is 4.79 Å². The van der Waals surface area contributed by atoms with Crippen molar-refractivity contribution >= 4 is 11.5 Å². The van der Waals surface area contributed by atoms with E-state index >= 15 is 0 Å². The molecule has 0 N–H and O–H groups in total. The molecule has 0 aliphatic carbocycles. The van der Waals surface area contributed by atoms with Gasteiger partial charge in [-0.25, -0.2) is 4.98 Å². The number of benzene rings is 4. The maximum Gasteiger partial charge on any atom is 0.227 e. The Balaban J connectivity index is 1.63. The predicted octanol–water partition coefficient (Wildman–Crippen LogP) is 7.37. The molecule has 0 amide bonds. The third kappa shape index (κ3) is 4.78. The standard InChI is InChI=1S/C31H26N2O2/c1-22(34)21-33(2)26-17-11-16-25(20-26)27-18-9-10-19-28(27)31-32-29(23-12-5-3-6-13-23)30(35-31)24-14-7-4-8-15-24/h3-20H,21H2,1-2H3. The van der Waals surface area contributed by atoms with Gasteiger partial charge < -0.3 is 9.32 Å². The lowest BCUT2D eigenvalue weighted by Gasteiger charge is -2.18. The number of likely N-dealkylation sites (N-methyl/N-ethyl adjacent to an activating group) is 1. The van der Waals surface area contributed by atoms with Gasteiger partial charge in [0.25, 0.3) is 0 Å². The SMILES string of the molecule is CC(=O)CN(C)c1cccc(-c2ccccc2-c2nc(-c3ccccc3)c(-c3ccccc3)o2)c1. The molecular weight excluding hydrogens is 432 g/mol. The number of hydrogen-bond acceptors (Lipinski definition) is 4. The van der Waals surface area contributed by atoms with Crippen LogP contribution in [-0.4, -0.2) is 24.4 Å². The molecule has 172 valence electrons. The number of ketones is 1. The summed E-state index contributed by atoms with van der Waals surface area (Å²) in [6.07, 6.45) is 0. The quantitative estimate of drug-likeness (QED) is 0.255. The van der Waals surface area contributed by atoms with Crippen LogP contribution in [0.4, 0.5) is 5.69 Å². The topological polar surface area (TPSA) is 46.3 Å². The molecule has 1 heterocycles. The van der Waals surface area contributed by atoms with Crippen LogP contribution in [0.5, 0.6) is 0 Å². The summed E-state index contributed by atoms with van der Waals surface area (Å²) >= 11 is 0. The van der Waals surface area contributed by atoms with Crippen molar-refractivity contribution in [3.05, 3.63) is 109 Å². The Morgan fingerprint density at radius 2 is 1.34 bits per heavy atom. The van der Waals surface area contributed by atoms with Gasteiger partial charge in [-0.1, -0.05) is 91.0 Å². The van der Waals surface area contributed by atoms with Crippen LogP contribution in [0, 0.1) is 0 Å². The lowest BCUT2D eigenvalue weighted by atomic mass is 9.99. The molecule has 0 saturated heterocycles. The lowest BCUT2D eigenvalue weighted by molar-refractivity contribution is -0.115. The first-order chi connectivity index (χ1) is 17.1. The molecule has 4 aromatic carbocycles. The molecule has 4 heteroatoms. The second-order valence-corrected chi connectivity index (χ2v) is 8.58. The molecule has 0 unspecified atom stereocenters. The van der Waals surface area contributed by atoms with Gasteiger partial charge in [-0.05, 0) is 36.2 Å². The van der Waals surface area contributed by atoms with Crippen molar-refractivity contribution in [2.75, 3.05) is 18.5 Å². The van der Waals surface area contributed by atoms with Crippen molar-refractivity contribution in [2.24, 2.45) is 0 Å². The van der Waals surface area contributed by atoms with Crippen molar-refractivity contribution in [3.8, 4) is 45.2 Å². The van der Waals surface area contributed by atoms with Crippen molar-refractivity contribution in [1.82, 2.24) is 4.98 Å². The maximum atomic E-state index is 11.6. The van der Waals surface area contributed by atoms with Crippen LogP contribution in [0.3, 0.4) is 0 Å². The molecule has 4 nitrogen and oxygen atoms in total. The molecule has 5 rings (SSSR count). The van der Waals surface area contributed by atoms with Crippen molar-refractivity contribution < 1.29 is 9.21 Å². The van der Waals surface area contributed by atoms with Gasteiger partial charge in [0.2, 0.25) is 5.89 Å². The number of Topliss-reactive ketones (excluding diaryl/α,β-unsaturated/α-hetero) is 1. The van der Waals surface area contributed by atoms with E-state index in [0.717, 1.165) is 45.0 Å². The monoisotopic (exact) mass is 458 g/mol. The highest BCUT2D eigenvalue weighted by Gasteiger charge is 2.20. The zero-order valence-electron chi connectivity index (χ0n) is 19.8. The van der Waals surface area contributed by atoms with E-state index in [-0.39, 0.29) is 5.78 Å². The van der Waals surface area contributed by atoms with E-state index in [9.17, 15) is 4.79 Å². The fourth-order valence-electron chi connectivity index (χ4n) is 4.27. The van der Waals surface area contributed by atoms with E-state index in [0.29, 0.717) is 12.4 Å². The number of oxazole rings is 1. The average Bonchev–Trinajstić information content (AvgIpc) is 3.35. The first-order valence-electron chi connectivity index (χ1n) is 11.6. The van der Waals surface area contributed by atoms with Gasteiger partial charge >= 0.3 is 0 Å². The molecule has 0 aliphatic heterocycles. The molecule has 0 spiro atoms. The molecule has 5 aromatic rings. The molecule has 0 aliphatic rings. The van der Waals surface area contributed by atoms with E-state index in [1.54, 1.807) is 6.92 Å². The van der Waals surface area contributed by atoms with Crippen molar-refractivity contribution in [1.29, 1.82) is 0 Å². The summed E-state index contributed by atoms with van der Waals surface area (Å²) in [5.74, 6) is 1.44. The first-order valence-corrected chi connectivity index (χ1v) is 11.6. The Morgan fingerprint density at radius 3 is 2.03 bits per heavy atom.